The third-order valence-electron chi connectivity index (χ3n) is 3.91. The summed E-state index contributed by atoms with van der Waals surface area (Å²) in [5, 5.41) is 3.21. The molecule has 2 unspecified atom stereocenters. The standard InChI is InChI=1S/C14H20N2O3S/c1-10-8-12(5-7-19-10)16-20(17,18)13-3-2-11-4-6-15-14(11)9-13/h2-3,9-10,12,15-16H,4-8H2,1H3. The SMILES string of the molecule is CC1CC(NS(=O)(=O)c2ccc3c(c2)NCC3)CCO1. The Labute approximate surface area is 119 Å². The van der Waals surface area contributed by atoms with E-state index in [4.69, 9.17) is 4.74 Å². The van der Waals surface area contributed by atoms with Gasteiger partial charge in [-0.25, -0.2) is 13.1 Å². The molecule has 0 saturated carbocycles. The van der Waals surface area contributed by atoms with Crippen LogP contribution in [-0.2, 0) is 21.2 Å². The molecular weight excluding hydrogens is 276 g/mol. The highest BCUT2D eigenvalue weighted by atomic mass is 32.2. The molecule has 0 bridgehead atoms. The minimum Gasteiger partial charge on any atom is -0.384 e. The van der Waals surface area contributed by atoms with Crippen molar-refractivity contribution >= 4 is 15.7 Å². The summed E-state index contributed by atoms with van der Waals surface area (Å²) in [6.07, 6.45) is 2.52. The molecule has 0 radical (unpaired) electrons. The molecule has 6 heteroatoms. The van der Waals surface area contributed by atoms with Crippen molar-refractivity contribution < 1.29 is 13.2 Å². The second kappa shape index (κ2) is 5.35. The van der Waals surface area contributed by atoms with Crippen molar-refractivity contribution in [3.8, 4) is 0 Å². The maximum Gasteiger partial charge on any atom is 0.240 e. The van der Waals surface area contributed by atoms with E-state index in [1.54, 1.807) is 12.1 Å². The summed E-state index contributed by atoms with van der Waals surface area (Å²) in [4.78, 5) is 0.338. The van der Waals surface area contributed by atoms with E-state index >= 15 is 0 Å². The molecule has 110 valence electrons. The summed E-state index contributed by atoms with van der Waals surface area (Å²) < 4.78 is 33.1. The first-order valence-electron chi connectivity index (χ1n) is 7.05. The van der Waals surface area contributed by atoms with Crippen LogP contribution < -0.4 is 10.0 Å². The molecule has 1 aromatic carbocycles. The minimum atomic E-state index is -3.45. The molecule has 2 aliphatic heterocycles. The Morgan fingerprint density at radius 1 is 1.40 bits per heavy atom. The Morgan fingerprint density at radius 3 is 3.05 bits per heavy atom. The fourth-order valence-corrected chi connectivity index (χ4v) is 4.14. The quantitative estimate of drug-likeness (QED) is 0.887. The van der Waals surface area contributed by atoms with Crippen molar-refractivity contribution in [1.29, 1.82) is 0 Å². The zero-order valence-corrected chi connectivity index (χ0v) is 12.4. The van der Waals surface area contributed by atoms with Crippen LogP contribution in [0, 0.1) is 0 Å². The molecule has 3 rings (SSSR count). The highest BCUT2D eigenvalue weighted by Crippen LogP contribution is 2.26. The smallest absolute Gasteiger partial charge is 0.240 e. The van der Waals surface area contributed by atoms with Gasteiger partial charge in [-0.3, -0.25) is 0 Å². The molecule has 1 aromatic rings. The second-order valence-electron chi connectivity index (χ2n) is 5.52. The van der Waals surface area contributed by atoms with Crippen LogP contribution in [0.15, 0.2) is 23.1 Å². The van der Waals surface area contributed by atoms with E-state index in [1.807, 2.05) is 13.0 Å². The zero-order chi connectivity index (χ0) is 14.2. The van der Waals surface area contributed by atoms with E-state index in [2.05, 4.69) is 10.0 Å². The van der Waals surface area contributed by atoms with Gasteiger partial charge in [-0.15, -0.1) is 0 Å². The number of ether oxygens (including phenoxy) is 1. The molecule has 20 heavy (non-hydrogen) atoms. The molecule has 0 spiro atoms. The highest BCUT2D eigenvalue weighted by molar-refractivity contribution is 7.89. The van der Waals surface area contributed by atoms with Gasteiger partial charge in [-0.1, -0.05) is 6.07 Å². The Balaban J connectivity index is 1.77. The minimum absolute atomic E-state index is 0.0371. The van der Waals surface area contributed by atoms with E-state index in [9.17, 15) is 8.42 Å². The summed E-state index contributed by atoms with van der Waals surface area (Å²) in [5.74, 6) is 0. The summed E-state index contributed by atoms with van der Waals surface area (Å²) in [6.45, 7) is 3.46. The Bertz CT molecular complexity index is 600. The first-order valence-corrected chi connectivity index (χ1v) is 8.54. The van der Waals surface area contributed by atoms with Gasteiger partial charge in [0.25, 0.3) is 0 Å². The molecule has 1 fully saturated rings. The van der Waals surface area contributed by atoms with E-state index in [0.717, 1.165) is 31.5 Å². The highest BCUT2D eigenvalue weighted by Gasteiger charge is 2.25. The monoisotopic (exact) mass is 296 g/mol. The maximum atomic E-state index is 12.4. The Morgan fingerprint density at radius 2 is 2.25 bits per heavy atom. The fourth-order valence-electron chi connectivity index (χ4n) is 2.83. The van der Waals surface area contributed by atoms with E-state index in [0.29, 0.717) is 11.5 Å². The number of benzene rings is 1. The van der Waals surface area contributed by atoms with Crippen molar-refractivity contribution in [1.82, 2.24) is 4.72 Å². The van der Waals surface area contributed by atoms with Gasteiger partial charge in [0.1, 0.15) is 0 Å². The van der Waals surface area contributed by atoms with Gasteiger partial charge < -0.3 is 10.1 Å². The van der Waals surface area contributed by atoms with Crippen LogP contribution in [-0.4, -0.2) is 33.7 Å². The molecule has 0 amide bonds. The largest absolute Gasteiger partial charge is 0.384 e. The number of anilines is 1. The van der Waals surface area contributed by atoms with E-state index in [1.165, 1.54) is 5.56 Å². The normalized spacial score (nSPS) is 26.1. The van der Waals surface area contributed by atoms with Crippen LogP contribution in [0.4, 0.5) is 5.69 Å². The average molecular weight is 296 g/mol. The van der Waals surface area contributed by atoms with Crippen molar-refractivity contribution in [3.05, 3.63) is 23.8 Å². The lowest BCUT2D eigenvalue weighted by atomic mass is 10.1. The van der Waals surface area contributed by atoms with Gasteiger partial charge in [-0.2, -0.15) is 0 Å². The number of hydrogen-bond donors (Lipinski definition) is 2. The van der Waals surface area contributed by atoms with Gasteiger partial charge in [0.2, 0.25) is 10.0 Å². The predicted molar refractivity (Wildman–Crippen MR) is 77.4 cm³/mol. The van der Waals surface area contributed by atoms with Crippen molar-refractivity contribution in [3.63, 3.8) is 0 Å². The van der Waals surface area contributed by atoms with Crippen LogP contribution in [0.2, 0.25) is 0 Å². The summed E-state index contributed by atoms with van der Waals surface area (Å²) in [6, 6.07) is 5.28. The van der Waals surface area contributed by atoms with E-state index < -0.39 is 10.0 Å². The second-order valence-corrected chi connectivity index (χ2v) is 7.23. The fraction of sp³-hybridized carbons (Fsp3) is 0.571. The van der Waals surface area contributed by atoms with Crippen molar-refractivity contribution in [2.45, 2.75) is 43.2 Å². The molecule has 2 aliphatic rings. The molecule has 2 atom stereocenters. The van der Waals surface area contributed by atoms with Crippen LogP contribution in [0.3, 0.4) is 0 Å². The number of hydrogen-bond acceptors (Lipinski definition) is 4. The molecule has 0 aliphatic carbocycles. The van der Waals surface area contributed by atoms with Crippen LogP contribution in [0.1, 0.15) is 25.3 Å². The van der Waals surface area contributed by atoms with Crippen molar-refractivity contribution in [2.24, 2.45) is 0 Å². The first-order chi connectivity index (χ1) is 9.54. The third kappa shape index (κ3) is 2.82. The van der Waals surface area contributed by atoms with Crippen LogP contribution in [0.5, 0.6) is 0 Å². The number of fused-ring (bicyclic) bond motifs is 1. The van der Waals surface area contributed by atoms with Gasteiger partial charge in [0.05, 0.1) is 11.0 Å². The molecule has 2 N–H and O–H groups in total. The Kier molecular flexibility index (Phi) is 3.70. The summed E-state index contributed by atoms with van der Waals surface area (Å²) in [7, 11) is -3.45. The van der Waals surface area contributed by atoms with Crippen molar-refractivity contribution in [2.75, 3.05) is 18.5 Å². The van der Waals surface area contributed by atoms with Gasteiger partial charge in [0.15, 0.2) is 0 Å². The molecule has 2 heterocycles. The van der Waals surface area contributed by atoms with Crippen LogP contribution in [0.25, 0.3) is 0 Å². The molecular formula is C14H20N2O3S. The lowest BCUT2D eigenvalue weighted by molar-refractivity contribution is 0.0173. The summed E-state index contributed by atoms with van der Waals surface area (Å²) in [5.41, 5.74) is 2.12. The van der Waals surface area contributed by atoms with Gasteiger partial charge in [0, 0.05) is 24.9 Å². The maximum absolute atomic E-state index is 12.4. The summed E-state index contributed by atoms with van der Waals surface area (Å²) >= 11 is 0. The first kappa shape index (κ1) is 13.9. The third-order valence-corrected chi connectivity index (χ3v) is 5.43. The molecule has 5 nitrogen and oxygen atoms in total. The molecule has 0 aromatic heterocycles. The lowest BCUT2D eigenvalue weighted by Gasteiger charge is -2.27. The zero-order valence-electron chi connectivity index (χ0n) is 11.6. The number of rotatable bonds is 3. The predicted octanol–water partition coefficient (Wildman–Crippen LogP) is 1.50. The number of nitrogens with one attached hydrogen (secondary N) is 2. The number of sulfonamides is 1. The van der Waals surface area contributed by atoms with Gasteiger partial charge in [-0.05, 0) is 43.9 Å². The van der Waals surface area contributed by atoms with Gasteiger partial charge >= 0.3 is 0 Å². The lowest BCUT2D eigenvalue weighted by Crippen LogP contribution is -2.41. The Hall–Kier alpha value is -1.11. The molecule has 1 saturated heterocycles. The average Bonchev–Trinajstić information content (AvgIpc) is 2.85. The van der Waals surface area contributed by atoms with Crippen LogP contribution >= 0.6 is 0 Å². The van der Waals surface area contributed by atoms with E-state index in [-0.39, 0.29) is 12.1 Å². The topological polar surface area (TPSA) is 67.4 Å².